The van der Waals surface area contributed by atoms with Crippen LogP contribution in [0.4, 0.5) is 0 Å². The Kier molecular flexibility index (Phi) is 4.88. The maximum absolute atomic E-state index is 12.9. The molecule has 134 valence electrons. The van der Waals surface area contributed by atoms with Crippen LogP contribution >= 0.6 is 22.9 Å². The van der Waals surface area contributed by atoms with Crippen LogP contribution in [0.15, 0.2) is 53.5 Å². The minimum atomic E-state index is -0.500. The van der Waals surface area contributed by atoms with Crippen molar-refractivity contribution in [2.24, 2.45) is 4.99 Å². The number of hydrogen-bond donors (Lipinski definition) is 0. The van der Waals surface area contributed by atoms with Gasteiger partial charge in [0.1, 0.15) is 0 Å². The zero-order valence-electron chi connectivity index (χ0n) is 13.9. The Balaban J connectivity index is 1.82. The van der Waals surface area contributed by atoms with Gasteiger partial charge in [-0.05, 0) is 0 Å². The molecule has 0 fully saturated rings. The second-order valence-electron chi connectivity index (χ2n) is 5.52. The molecule has 0 unspecified atom stereocenters. The molecule has 4 aromatic rings. The number of ketones is 1. The summed E-state index contributed by atoms with van der Waals surface area (Å²) in [5.41, 5.74) is 1.47. The first-order chi connectivity index (χ1) is 13.0. The minimum absolute atomic E-state index is 0.232. The number of para-hydroxylation sites is 1. The number of benzene rings is 2. The third kappa shape index (κ3) is 3.70. The average molecular weight is 462 g/mol. The van der Waals surface area contributed by atoms with Gasteiger partial charge in [-0.15, -0.1) is 0 Å². The van der Waals surface area contributed by atoms with Crippen LogP contribution in [0, 0.1) is 0 Å². The fraction of sp³-hybridized carbons (Fsp3) is 0.0556. The summed E-state index contributed by atoms with van der Waals surface area (Å²) < 4.78 is 3.29. The van der Waals surface area contributed by atoms with Crippen molar-refractivity contribution in [3.8, 4) is 5.69 Å². The molecular weight excluding hydrogens is 451 g/mol. The van der Waals surface area contributed by atoms with E-state index in [4.69, 9.17) is 11.6 Å². The van der Waals surface area contributed by atoms with E-state index in [-0.39, 0.29) is 11.7 Å². The van der Waals surface area contributed by atoms with E-state index in [9.17, 15) is 9.59 Å². The summed E-state index contributed by atoms with van der Waals surface area (Å²) in [5, 5.41) is 5.41. The molecule has 27 heavy (non-hydrogen) atoms. The number of fused-ring (bicyclic) bond motifs is 1. The van der Waals surface area contributed by atoms with E-state index in [2.05, 4.69) is 15.1 Å². The molecule has 0 saturated heterocycles. The molecule has 0 radical (unpaired) electrons. The maximum atomic E-state index is 12.9. The second-order valence-corrected chi connectivity index (χ2v) is 9.00. The van der Waals surface area contributed by atoms with Crippen molar-refractivity contribution in [1.29, 1.82) is 0 Å². The predicted octanol–water partition coefficient (Wildman–Crippen LogP) is 2.87. The van der Waals surface area contributed by atoms with Gasteiger partial charge < -0.3 is 0 Å². The molecule has 1 amide bonds. The van der Waals surface area contributed by atoms with Gasteiger partial charge in [0.05, 0.1) is 0 Å². The third-order valence-corrected chi connectivity index (χ3v) is 6.76. The molecule has 2 heterocycles. The molecule has 0 aliphatic rings. The summed E-state index contributed by atoms with van der Waals surface area (Å²) >= 11 is 6.77. The van der Waals surface area contributed by atoms with Crippen LogP contribution in [-0.2, 0) is 4.79 Å². The average Bonchev–Trinajstić information content (AvgIpc) is 3.25. The van der Waals surface area contributed by atoms with Crippen molar-refractivity contribution < 1.29 is 9.59 Å². The second kappa shape index (κ2) is 7.32. The molecular formula is C18H11ClN4O2SSe. The molecule has 6 nitrogen and oxygen atoms in total. The van der Waals surface area contributed by atoms with E-state index in [1.165, 1.54) is 22.9 Å². The zero-order chi connectivity index (χ0) is 19.0. The van der Waals surface area contributed by atoms with Crippen LogP contribution in [0.25, 0.3) is 15.9 Å². The number of carbonyl (C=O) groups excluding carboxylic acids is 2. The van der Waals surface area contributed by atoms with Crippen LogP contribution < -0.4 is 4.36 Å². The Morgan fingerprint density at radius 1 is 1.15 bits per heavy atom. The van der Waals surface area contributed by atoms with Gasteiger partial charge in [0.25, 0.3) is 0 Å². The molecule has 0 aliphatic carbocycles. The first-order valence-electron chi connectivity index (χ1n) is 7.83. The van der Waals surface area contributed by atoms with Gasteiger partial charge in [-0.1, -0.05) is 0 Å². The quantitative estimate of drug-likeness (QED) is 0.347. The van der Waals surface area contributed by atoms with Gasteiger partial charge in [0, 0.05) is 0 Å². The van der Waals surface area contributed by atoms with Crippen LogP contribution in [0.5, 0.6) is 0 Å². The normalized spacial score (nSPS) is 11.9. The monoisotopic (exact) mass is 462 g/mol. The number of nitrogens with zero attached hydrogens (tertiary/aromatic N) is 4. The summed E-state index contributed by atoms with van der Waals surface area (Å²) in [6.07, 6.45) is 0. The van der Waals surface area contributed by atoms with Gasteiger partial charge in [-0.25, -0.2) is 0 Å². The Morgan fingerprint density at radius 3 is 2.59 bits per heavy atom. The van der Waals surface area contributed by atoms with Crippen LogP contribution in [0.3, 0.4) is 0 Å². The van der Waals surface area contributed by atoms with Crippen molar-refractivity contribution in [3.05, 3.63) is 67.5 Å². The summed E-state index contributed by atoms with van der Waals surface area (Å²) in [6.45, 7) is 1.37. The first-order valence-corrected chi connectivity index (χ1v) is 10.7. The predicted molar refractivity (Wildman–Crippen MR) is 105 cm³/mol. The Labute approximate surface area is 168 Å². The zero-order valence-corrected chi connectivity index (χ0v) is 17.2. The van der Waals surface area contributed by atoms with Crippen molar-refractivity contribution in [1.82, 2.24) is 14.8 Å². The fourth-order valence-electron chi connectivity index (χ4n) is 2.39. The van der Waals surface area contributed by atoms with Crippen LogP contribution in [0.2, 0.25) is 5.02 Å². The number of amides is 1. The summed E-state index contributed by atoms with van der Waals surface area (Å²) in [7, 11) is 0. The summed E-state index contributed by atoms with van der Waals surface area (Å²) in [6, 6.07) is 14.6. The van der Waals surface area contributed by atoms with E-state index in [1.807, 2.05) is 24.3 Å². The molecule has 2 aromatic carbocycles. The standard InChI is InChI=1S/C18H11ClN4O2SSe/c1-10(24)20-18-23(12-8-6-11(19)7-9-12)22-17(27-18)15(25)16-21-13-4-2-3-5-14(13)26-16/h2-9H,1H3. The molecule has 4 rings (SSSR count). The molecule has 2 aromatic heterocycles. The van der Waals surface area contributed by atoms with Gasteiger partial charge >= 0.3 is 169 Å². The topological polar surface area (TPSA) is 77.2 Å². The van der Waals surface area contributed by atoms with Gasteiger partial charge in [0.15, 0.2) is 0 Å². The van der Waals surface area contributed by atoms with Crippen molar-refractivity contribution >= 4 is 59.3 Å². The van der Waals surface area contributed by atoms with Crippen molar-refractivity contribution in [2.75, 3.05) is 0 Å². The number of hydrogen-bond acceptors (Lipinski definition) is 5. The fourth-order valence-corrected chi connectivity index (χ4v) is 5.44. The molecule has 0 N–H and O–H groups in total. The van der Waals surface area contributed by atoms with Crippen molar-refractivity contribution in [3.63, 3.8) is 0 Å². The molecule has 0 spiro atoms. The first kappa shape index (κ1) is 18.0. The Hall–Kier alpha value is -2.38. The van der Waals surface area contributed by atoms with E-state index in [0.717, 1.165) is 10.2 Å². The van der Waals surface area contributed by atoms with Gasteiger partial charge in [-0.2, -0.15) is 0 Å². The van der Waals surface area contributed by atoms with Gasteiger partial charge in [0.2, 0.25) is 0 Å². The summed E-state index contributed by atoms with van der Waals surface area (Å²) in [5.74, 6) is -0.571. The molecule has 0 saturated carbocycles. The van der Waals surface area contributed by atoms with Crippen LogP contribution in [0.1, 0.15) is 21.3 Å². The Morgan fingerprint density at radius 2 is 1.89 bits per heavy atom. The number of halogens is 1. The number of aromatic nitrogens is 3. The van der Waals surface area contributed by atoms with Gasteiger partial charge in [-0.3, -0.25) is 0 Å². The number of carbonyl (C=O) groups is 2. The van der Waals surface area contributed by atoms with E-state index < -0.39 is 14.5 Å². The third-order valence-electron chi connectivity index (χ3n) is 3.57. The SMILES string of the molecule is CC(=O)N=c1[se]c(C(=O)c2nc3ccccc3s2)nn1-c1ccc(Cl)cc1. The Bertz CT molecular complexity index is 1210. The molecule has 0 bridgehead atoms. The van der Waals surface area contributed by atoms with Crippen molar-refractivity contribution in [2.45, 2.75) is 6.92 Å². The molecule has 0 atom stereocenters. The number of rotatable bonds is 3. The van der Waals surface area contributed by atoms with E-state index in [1.54, 1.807) is 24.3 Å². The molecule has 0 aliphatic heterocycles. The van der Waals surface area contributed by atoms with E-state index in [0.29, 0.717) is 24.6 Å². The number of thiazole rings is 1. The van der Waals surface area contributed by atoms with Crippen LogP contribution in [-0.4, -0.2) is 41.0 Å². The summed E-state index contributed by atoms with van der Waals surface area (Å²) in [4.78, 5) is 32.9. The molecule has 9 heteroatoms. The van der Waals surface area contributed by atoms with E-state index >= 15 is 0 Å².